The van der Waals surface area contributed by atoms with Crippen LogP contribution in [0.3, 0.4) is 0 Å². The van der Waals surface area contributed by atoms with Crippen LogP contribution in [0.4, 0.5) is 0 Å². The van der Waals surface area contributed by atoms with Crippen molar-refractivity contribution in [1.29, 1.82) is 0 Å². The Morgan fingerprint density at radius 3 is 2.36 bits per heavy atom. The second-order valence-corrected chi connectivity index (χ2v) is 10.2. The Morgan fingerprint density at radius 1 is 1.11 bits per heavy atom. The molecule has 4 fully saturated rings. The van der Waals surface area contributed by atoms with Gasteiger partial charge in [-0.2, -0.15) is 0 Å². The van der Waals surface area contributed by atoms with Crippen LogP contribution < -0.4 is 10.1 Å². The average molecular weight is 385 g/mol. The minimum Gasteiger partial charge on any atom is -0.492 e. The first kappa shape index (κ1) is 19.8. The van der Waals surface area contributed by atoms with E-state index in [0.29, 0.717) is 24.5 Å². The first-order valence-corrected chi connectivity index (χ1v) is 11.0. The molecule has 4 nitrogen and oxygen atoms in total. The number of rotatable bonds is 7. The molecule has 0 heterocycles. The third-order valence-corrected chi connectivity index (χ3v) is 7.46. The SMILES string of the molecule is CN(C)CCOc1cccc(C(C)(C)C(=O)NC2C3CC4CC(C3)CC2C4)c1. The van der Waals surface area contributed by atoms with Gasteiger partial charge in [0.1, 0.15) is 12.4 Å². The largest absolute Gasteiger partial charge is 0.492 e. The van der Waals surface area contributed by atoms with Crippen molar-refractivity contribution < 1.29 is 9.53 Å². The standard InChI is InChI=1S/C24H36N2O2/c1-24(2,20-6-5-7-21(15-20)28-9-8-26(3)4)23(27)25-22-18-11-16-10-17(13-18)14-19(22)12-16/h5-7,15-19,22H,8-14H2,1-4H3,(H,25,27). The molecule has 0 unspecified atom stereocenters. The van der Waals surface area contributed by atoms with E-state index < -0.39 is 5.41 Å². The summed E-state index contributed by atoms with van der Waals surface area (Å²) >= 11 is 0. The van der Waals surface area contributed by atoms with Gasteiger partial charge >= 0.3 is 0 Å². The summed E-state index contributed by atoms with van der Waals surface area (Å²) < 4.78 is 5.89. The molecule has 4 aliphatic carbocycles. The Morgan fingerprint density at radius 2 is 1.75 bits per heavy atom. The quantitative estimate of drug-likeness (QED) is 0.776. The molecule has 0 radical (unpaired) electrons. The van der Waals surface area contributed by atoms with Crippen molar-refractivity contribution in [2.75, 3.05) is 27.2 Å². The molecule has 0 aliphatic heterocycles. The van der Waals surface area contributed by atoms with Gasteiger partial charge in [0.25, 0.3) is 0 Å². The van der Waals surface area contributed by atoms with E-state index in [1.165, 1.54) is 32.1 Å². The Labute approximate surface area is 170 Å². The molecule has 5 rings (SSSR count). The fraction of sp³-hybridized carbons (Fsp3) is 0.708. The minimum absolute atomic E-state index is 0.162. The molecule has 0 saturated heterocycles. The number of carbonyl (C=O) groups excluding carboxylic acids is 1. The number of amides is 1. The van der Waals surface area contributed by atoms with Gasteiger partial charge in [-0.3, -0.25) is 4.79 Å². The molecule has 1 amide bonds. The lowest BCUT2D eigenvalue weighted by Crippen LogP contribution is -2.58. The van der Waals surface area contributed by atoms with E-state index in [1.807, 2.05) is 46.1 Å². The molecule has 1 aromatic rings. The van der Waals surface area contributed by atoms with Crippen LogP contribution in [0.5, 0.6) is 5.75 Å². The highest BCUT2D eigenvalue weighted by Gasteiger charge is 2.49. The van der Waals surface area contributed by atoms with Gasteiger partial charge in [0.2, 0.25) is 5.91 Å². The fourth-order valence-corrected chi connectivity index (χ4v) is 5.94. The second-order valence-electron chi connectivity index (χ2n) is 10.2. The summed E-state index contributed by atoms with van der Waals surface area (Å²) in [5.41, 5.74) is 0.464. The van der Waals surface area contributed by atoms with E-state index in [2.05, 4.69) is 16.3 Å². The van der Waals surface area contributed by atoms with E-state index in [9.17, 15) is 4.79 Å². The molecular formula is C24H36N2O2. The van der Waals surface area contributed by atoms with E-state index in [-0.39, 0.29) is 5.91 Å². The fourth-order valence-electron chi connectivity index (χ4n) is 5.94. The summed E-state index contributed by atoms with van der Waals surface area (Å²) in [6, 6.07) is 8.45. The van der Waals surface area contributed by atoms with Gasteiger partial charge in [-0.1, -0.05) is 12.1 Å². The average Bonchev–Trinajstić information content (AvgIpc) is 2.64. The van der Waals surface area contributed by atoms with Crippen LogP contribution in [0.1, 0.15) is 51.5 Å². The number of likely N-dealkylation sites (N-methyl/N-ethyl adjacent to an activating group) is 1. The zero-order valence-electron chi connectivity index (χ0n) is 17.9. The lowest BCUT2D eigenvalue weighted by Gasteiger charge is -2.54. The lowest BCUT2D eigenvalue weighted by atomic mass is 9.54. The van der Waals surface area contributed by atoms with Crippen molar-refractivity contribution in [3.8, 4) is 5.75 Å². The van der Waals surface area contributed by atoms with Gasteiger partial charge in [0.15, 0.2) is 0 Å². The minimum atomic E-state index is -0.560. The number of carbonyl (C=O) groups is 1. The Kier molecular flexibility index (Phi) is 5.43. The summed E-state index contributed by atoms with van der Waals surface area (Å²) in [6.45, 7) is 5.60. The van der Waals surface area contributed by atoms with Crippen LogP contribution in [0.25, 0.3) is 0 Å². The van der Waals surface area contributed by atoms with Crippen molar-refractivity contribution >= 4 is 5.91 Å². The predicted molar refractivity (Wildman–Crippen MR) is 112 cm³/mol. The summed E-state index contributed by atoms with van der Waals surface area (Å²) in [5, 5.41) is 3.49. The number of hydrogen-bond acceptors (Lipinski definition) is 3. The lowest BCUT2D eigenvalue weighted by molar-refractivity contribution is -0.129. The van der Waals surface area contributed by atoms with Crippen LogP contribution in [-0.4, -0.2) is 44.1 Å². The van der Waals surface area contributed by atoms with Gasteiger partial charge < -0.3 is 15.0 Å². The van der Waals surface area contributed by atoms with Crippen LogP contribution in [0.15, 0.2) is 24.3 Å². The molecular weight excluding hydrogens is 348 g/mol. The number of nitrogens with zero attached hydrogens (tertiary/aromatic N) is 1. The Bertz CT molecular complexity index is 684. The van der Waals surface area contributed by atoms with Crippen molar-refractivity contribution in [3.63, 3.8) is 0 Å². The molecule has 0 aromatic heterocycles. The van der Waals surface area contributed by atoms with E-state index >= 15 is 0 Å². The smallest absolute Gasteiger partial charge is 0.230 e. The summed E-state index contributed by atoms with van der Waals surface area (Å²) in [4.78, 5) is 15.4. The number of nitrogens with one attached hydrogen (secondary N) is 1. The van der Waals surface area contributed by atoms with Gasteiger partial charge in [-0.25, -0.2) is 0 Å². The zero-order chi connectivity index (χ0) is 19.9. The molecule has 4 bridgehead atoms. The highest BCUT2D eigenvalue weighted by molar-refractivity contribution is 5.87. The van der Waals surface area contributed by atoms with Crippen LogP contribution in [0, 0.1) is 23.7 Å². The molecule has 154 valence electrons. The normalized spacial score (nSPS) is 31.2. The molecule has 1 aromatic carbocycles. The van der Waals surface area contributed by atoms with Crippen molar-refractivity contribution in [1.82, 2.24) is 10.2 Å². The summed E-state index contributed by atoms with van der Waals surface area (Å²) in [6.07, 6.45) is 6.75. The molecule has 4 saturated carbocycles. The maximum absolute atomic E-state index is 13.3. The molecule has 1 N–H and O–H groups in total. The van der Waals surface area contributed by atoms with Crippen molar-refractivity contribution in [2.45, 2.75) is 57.4 Å². The van der Waals surface area contributed by atoms with Crippen LogP contribution in [0.2, 0.25) is 0 Å². The van der Waals surface area contributed by atoms with E-state index in [1.54, 1.807) is 0 Å². The van der Waals surface area contributed by atoms with Gasteiger partial charge in [0, 0.05) is 12.6 Å². The zero-order valence-corrected chi connectivity index (χ0v) is 17.9. The molecule has 0 atom stereocenters. The molecule has 0 spiro atoms. The van der Waals surface area contributed by atoms with E-state index in [4.69, 9.17) is 4.74 Å². The Hall–Kier alpha value is -1.55. The highest BCUT2D eigenvalue weighted by Crippen LogP contribution is 2.53. The predicted octanol–water partition coefficient (Wildman–Crippen LogP) is 3.85. The first-order valence-electron chi connectivity index (χ1n) is 11.0. The van der Waals surface area contributed by atoms with Crippen LogP contribution in [-0.2, 0) is 10.2 Å². The number of ether oxygens (including phenoxy) is 1. The highest BCUT2D eigenvalue weighted by atomic mass is 16.5. The third-order valence-electron chi connectivity index (χ3n) is 7.46. The number of hydrogen-bond donors (Lipinski definition) is 1. The third kappa shape index (κ3) is 3.94. The first-order chi connectivity index (χ1) is 13.3. The monoisotopic (exact) mass is 384 g/mol. The maximum atomic E-state index is 13.3. The molecule has 4 aliphatic rings. The topological polar surface area (TPSA) is 41.6 Å². The Balaban J connectivity index is 1.42. The number of benzene rings is 1. The molecule has 4 heteroatoms. The summed E-state index contributed by atoms with van der Waals surface area (Å²) in [7, 11) is 4.08. The summed E-state index contributed by atoms with van der Waals surface area (Å²) in [5.74, 6) is 4.28. The van der Waals surface area contributed by atoms with Crippen LogP contribution >= 0.6 is 0 Å². The van der Waals surface area contributed by atoms with Crippen molar-refractivity contribution in [2.24, 2.45) is 23.7 Å². The molecule has 28 heavy (non-hydrogen) atoms. The van der Waals surface area contributed by atoms with Crippen molar-refractivity contribution in [3.05, 3.63) is 29.8 Å². The maximum Gasteiger partial charge on any atom is 0.230 e. The van der Waals surface area contributed by atoms with Gasteiger partial charge in [0.05, 0.1) is 5.41 Å². The van der Waals surface area contributed by atoms with E-state index in [0.717, 1.165) is 29.7 Å². The van der Waals surface area contributed by atoms with Gasteiger partial charge in [-0.05, 0) is 101 Å². The van der Waals surface area contributed by atoms with Gasteiger partial charge in [-0.15, -0.1) is 0 Å². The second kappa shape index (κ2) is 7.70.